The highest BCUT2D eigenvalue weighted by molar-refractivity contribution is 5.94. The fourth-order valence-electron chi connectivity index (χ4n) is 3.09. The molecule has 0 unspecified atom stereocenters. The lowest BCUT2D eigenvalue weighted by molar-refractivity contribution is 0.0951. The predicted octanol–water partition coefficient (Wildman–Crippen LogP) is 4.08. The van der Waals surface area contributed by atoms with Gasteiger partial charge in [0.25, 0.3) is 5.91 Å². The third-order valence-electron chi connectivity index (χ3n) is 4.48. The number of para-hydroxylation sites is 1. The number of ether oxygens (including phenoxy) is 1. The number of amides is 1. The Hall–Kier alpha value is -2.33. The molecule has 1 aliphatic rings. The van der Waals surface area contributed by atoms with E-state index < -0.39 is 0 Å². The number of hydrogen-bond donors (Lipinski definition) is 1. The number of carbonyl (C=O) groups is 1. The van der Waals surface area contributed by atoms with Crippen LogP contribution in [0.1, 0.15) is 36.0 Å². The molecule has 0 aliphatic carbocycles. The van der Waals surface area contributed by atoms with Gasteiger partial charge in [0.2, 0.25) is 0 Å². The van der Waals surface area contributed by atoms with Crippen LogP contribution in [0.3, 0.4) is 0 Å². The number of hydrogen-bond acceptors (Lipinski definition) is 3. The molecule has 0 saturated carbocycles. The van der Waals surface area contributed by atoms with E-state index in [0.717, 1.165) is 31.0 Å². The van der Waals surface area contributed by atoms with Gasteiger partial charge in [-0.15, -0.1) is 0 Å². The molecule has 1 N–H and O–H groups in total. The van der Waals surface area contributed by atoms with Crippen molar-refractivity contribution in [3.05, 3.63) is 60.2 Å². The highest BCUT2D eigenvalue weighted by atomic mass is 16.5. The number of nitrogens with zero attached hydrogens (tertiary/aromatic N) is 1. The van der Waals surface area contributed by atoms with Gasteiger partial charge in [-0.05, 0) is 75.3 Å². The molecule has 0 radical (unpaired) electrons. The summed E-state index contributed by atoms with van der Waals surface area (Å²) < 4.78 is 5.74. The van der Waals surface area contributed by atoms with Gasteiger partial charge in [0.1, 0.15) is 11.5 Å². The van der Waals surface area contributed by atoms with E-state index in [-0.39, 0.29) is 5.91 Å². The van der Waals surface area contributed by atoms with Gasteiger partial charge in [0.05, 0.1) is 0 Å². The summed E-state index contributed by atoms with van der Waals surface area (Å²) in [6.45, 7) is 4.20. The standard InChI is InChI=1S/C21H26N2O2/c24-21(22-14-7-17-23-15-5-2-6-16-23)18-10-12-20(13-11-18)25-19-8-3-1-4-9-19/h1,3-4,8-13H,2,5-7,14-17H2,(H,22,24). The van der Waals surface area contributed by atoms with Crippen LogP contribution < -0.4 is 10.1 Å². The first-order valence-electron chi connectivity index (χ1n) is 9.15. The number of benzene rings is 2. The third-order valence-corrected chi connectivity index (χ3v) is 4.48. The van der Waals surface area contributed by atoms with E-state index in [4.69, 9.17) is 4.74 Å². The Labute approximate surface area is 149 Å². The Kier molecular flexibility index (Phi) is 6.46. The molecule has 2 aromatic carbocycles. The van der Waals surface area contributed by atoms with Crippen LogP contribution in [-0.4, -0.2) is 37.0 Å². The Balaban J connectivity index is 1.41. The van der Waals surface area contributed by atoms with Crippen LogP contribution in [0.5, 0.6) is 11.5 Å². The SMILES string of the molecule is O=C(NCCCN1CCCCC1)c1ccc(Oc2ccccc2)cc1. The van der Waals surface area contributed by atoms with E-state index in [0.29, 0.717) is 5.56 Å². The first-order chi connectivity index (χ1) is 12.3. The minimum Gasteiger partial charge on any atom is -0.457 e. The minimum absolute atomic E-state index is 0.0232. The van der Waals surface area contributed by atoms with Gasteiger partial charge in [-0.3, -0.25) is 4.79 Å². The summed E-state index contributed by atoms with van der Waals surface area (Å²) in [5.74, 6) is 1.50. The molecule has 1 saturated heterocycles. The van der Waals surface area contributed by atoms with Gasteiger partial charge in [-0.25, -0.2) is 0 Å². The molecule has 4 nitrogen and oxygen atoms in total. The summed E-state index contributed by atoms with van der Waals surface area (Å²) in [6.07, 6.45) is 4.98. The van der Waals surface area contributed by atoms with Crippen molar-refractivity contribution in [2.45, 2.75) is 25.7 Å². The van der Waals surface area contributed by atoms with E-state index in [2.05, 4.69) is 10.2 Å². The first kappa shape index (κ1) is 17.5. The van der Waals surface area contributed by atoms with Crippen molar-refractivity contribution >= 4 is 5.91 Å². The van der Waals surface area contributed by atoms with E-state index >= 15 is 0 Å². The summed E-state index contributed by atoms with van der Waals surface area (Å²) in [5.41, 5.74) is 0.665. The molecule has 1 fully saturated rings. The van der Waals surface area contributed by atoms with Gasteiger partial charge in [0, 0.05) is 12.1 Å². The Morgan fingerprint density at radius 2 is 1.60 bits per heavy atom. The van der Waals surface area contributed by atoms with Crippen LogP contribution >= 0.6 is 0 Å². The fraction of sp³-hybridized carbons (Fsp3) is 0.381. The number of carbonyl (C=O) groups excluding carboxylic acids is 1. The number of likely N-dealkylation sites (tertiary alicyclic amines) is 1. The van der Waals surface area contributed by atoms with Crippen molar-refractivity contribution in [2.75, 3.05) is 26.2 Å². The van der Waals surface area contributed by atoms with Crippen molar-refractivity contribution in [2.24, 2.45) is 0 Å². The highest BCUT2D eigenvalue weighted by Gasteiger charge is 2.10. The van der Waals surface area contributed by atoms with Gasteiger partial charge in [-0.1, -0.05) is 24.6 Å². The van der Waals surface area contributed by atoms with Gasteiger partial charge in [-0.2, -0.15) is 0 Å². The van der Waals surface area contributed by atoms with Gasteiger partial charge in [0.15, 0.2) is 0 Å². The first-order valence-corrected chi connectivity index (χ1v) is 9.15. The molecule has 25 heavy (non-hydrogen) atoms. The molecule has 4 heteroatoms. The maximum absolute atomic E-state index is 12.2. The monoisotopic (exact) mass is 338 g/mol. The van der Waals surface area contributed by atoms with Crippen LogP contribution in [0.15, 0.2) is 54.6 Å². The predicted molar refractivity (Wildman–Crippen MR) is 100 cm³/mol. The molecule has 132 valence electrons. The summed E-state index contributed by atoms with van der Waals surface area (Å²) in [7, 11) is 0. The maximum atomic E-state index is 12.2. The summed E-state index contributed by atoms with van der Waals surface area (Å²) >= 11 is 0. The normalized spacial score (nSPS) is 14.9. The lowest BCUT2D eigenvalue weighted by atomic mass is 10.1. The average Bonchev–Trinajstić information content (AvgIpc) is 2.67. The molecule has 2 aromatic rings. The van der Waals surface area contributed by atoms with Gasteiger partial charge >= 0.3 is 0 Å². The van der Waals surface area contributed by atoms with Crippen molar-refractivity contribution < 1.29 is 9.53 Å². The summed E-state index contributed by atoms with van der Waals surface area (Å²) in [5, 5.41) is 3.00. The Morgan fingerprint density at radius 1 is 0.920 bits per heavy atom. The van der Waals surface area contributed by atoms with Crippen molar-refractivity contribution in [3.8, 4) is 11.5 Å². The molecule has 1 aliphatic heterocycles. The largest absolute Gasteiger partial charge is 0.457 e. The number of rotatable bonds is 7. The molecular weight excluding hydrogens is 312 g/mol. The molecule has 0 aromatic heterocycles. The van der Waals surface area contributed by atoms with Crippen LogP contribution in [0.2, 0.25) is 0 Å². The van der Waals surface area contributed by atoms with E-state index in [1.54, 1.807) is 12.1 Å². The van der Waals surface area contributed by atoms with Crippen molar-refractivity contribution in [1.29, 1.82) is 0 Å². The lowest BCUT2D eigenvalue weighted by Gasteiger charge is -2.26. The maximum Gasteiger partial charge on any atom is 0.251 e. The zero-order chi connectivity index (χ0) is 17.3. The van der Waals surface area contributed by atoms with Crippen LogP contribution in [-0.2, 0) is 0 Å². The Bertz CT molecular complexity index is 649. The fourth-order valence-corrected chi connectivity index (χ4v) is 3.09. The van der Waals surface area contributed by atoms with E-state index in [9.17, 15) is 4.79 Å². The van der Waals surface area contributed by atoms with Crippen LogP contribution in [0.4, 0.5) is 0 Å². The molecule has 0 bridgehead atoms. The van der Waals surface area contributed by atoms with Crippen LogP contribution in [0, 0.1) is 0 Å². The summed E-state index contributed by atoms with van der Waals surface area (Å²) in [4.78, 5) is 14.7. The van der Waals surface area contributed by atoms with Crippen LogP contribution in [0.25, 0.3) is 0 Å². The van der Waals surface area contributed by atoms with E-state index in [1.165, 1.54) is 32.4 Å². The molecule has 1 heterocycles. The van der Waals surface area contributed by atoms with Crippen molar-refractivity contribution in [1.82, 2.24) is 10.2 Å². The zero-order valence-corrected chi connectivity index (χ0v) is 14.6. The lowest BCUT2D eigenvalue weighted by Crippen LogP contribution is -2.33. The smallest absolute Gasteiger partial charge is 0.251 e. The third kappa shape index (κ3) is 5.61. The Morgan fingerprint density at radius 3 is 2.32 bits per heavy atom. The summed E-state index contributed by atoms with van der Waals surface area (Å²) in [6, 6.07) is 16.9. The van der Waals surface area contributed by atoms with Gasteiger partial charge < -0.3 is 15.0 Å². The highest BCUT2D eigenvalue weighted by Crippen LogP contribution is 2.21. The molecule has 1 amide bonds. The van der Waals surface area contributed by atoms with E-state index in [1.807, 2.05) is 42.5 Å². The second kappa shape index (κ2) is 9.23. The zero-order valence-electron chi connectivity index (χ0n) is 14.6. The number of nitrogens with one attached hydrogen (secondary N) is 1. The van der Waals surface area contributed by atoms with Crippen molar-refractivity contribution in [3.63, 3.8) is 0 Å². The second-order valence-corrected chi connectivity index (χ2v) is 6.45. The quantitative estimate of drug-likeness (QED) is 0.773. The average molecular weight is 338 g/mol. The molecular formula is C21H26N2O2. The minimum atomic E-state index is -0.0232. The topological polar surface area (TPSA) is 41.6 Å². The molecule has 0 atom stereocenters. The molecule has 0 spiro atoms. The molecule has 3 rings (SSSR count). The number of piperidine rings is 1. The second-order valence-electron chi connectivity index (χ2n) is 6.45.